The molecule has 0 unspecified atom stereocenters. The molecule has 0 radical (unpaired) electrons. The van der Waals surface area contributed by atoms with Crippen LogP contribution < -0.4 is 15.8 Å². The molecule has 37 heavy (non-hydrogen) atoms. The molecule has 1 saturated carbocycles. The first kappa shape index (κ1) is 25.9. The number of piperazine rings is 1. The third kappa shape index (κ3) is 6.13. The maximum absolute atomic E-state index is 12.9. The lowest BCUT2D eigenvalue weighted by Crippen LogP contribution is -2.44. The van der Waals surface area contributed by atoms with E-state index in [9.17, 15) is 14.9 Å². The minimum Gasteiger partial charge on any atom is -0.478 e. The molecule has 1 aliphatic heterocycles. The number of nitrogens with one attached hydrogen (secondary N) is 1. The quantitative estimate of drug-likeness (QED) is 0.505. The molecular formula is C27H31N7O3. The lowest BCUT2D eigenvalue weighted by molar-refractivity contribution is -0.131. The van der Waals surface area contributed by atoms with Gasteiger partial charge < -0.3 is 20.2 Å². The molecule has 2 aromatic heterocycles. The number of rotatable bonds is 5. The van der Waals surface area contributed by atoms with Gasteiger partial charge in [-0.3, -0.25) is 9.36 Å². The Balaban J connectivity index is 0.000000586. The lowest BCUT2D eigenvalue weighted by Gasteiger charge is -2.34. The fourth-order valence-corrected chi connectivity index (χ4v) is 4.71. The number of likely N-dealkylation sites (N-methyl/N-ethyl adjacent to an activating group) is 1. The topological polar surface area (TPSA) is 127 Å². The van der Waals surface area contributed by atoms with Crippen molar-refractivity contribution in [2.75, 3.05) is 43.4 Å². The van der Waals surface area contributed by atoms with Gasteiger partial charge in [-0.15, -0.1) is 0 Å². The molecule has 192 valence electrons. The van der Waals surface area contributed by atoms with Crippen LogP contribution in [0.3, 0.4) is 0 Å². The van der Waals surface area contributed by atoms with Crippen LogP contribution in [-0.2, 0) is 4.79 Å². The summed E-state index contributed by atoms with van der Waals surface area (Å²) in [5, 5.41) is 21.0. The fourth-order valence-electron chi connectivity index (χ4n) is 4.71. The Morgan fingerprint density at radius 3 is 2.43 bits per heavy atom. The van der Waals surface area contributed by atoms with Crippen LogP contribution in [0.25, 0.3) is 11.0 Å². The van der Waals surface area contributed by atoms with E-state index in [0.29, 0.717) is 17.0 Å². The Bertz CT molecular complexity index is 1360. The average Bonchev–Trinajstić information content (AvgIpc) is 3.44. The standard InChI is InChI=1S/C24H27N7O.C3H4O2/c1-29-10-12-30(13-11-29)20-8-6-19(7-9-20)27-24-26-16-18-14-17(15-25)23(32)31(22(18)28-24)21-4-2-3-5-21;1-2-3(4)5/h6-9,14,16,21H,2-5,10-13H2,1H3,(H,26,27,28);2H,1H2,(H,4,5). The van der Waals surface area contributed by atoms with Gasteiger partial charge in [0.1, 0.15) is 17.3 Å². The van der Waals surface area contributed by atoms with Gasteiger partial charge in [-0.1, -0.05) is 19.4 Å². The number of hydrogen-bond donors (Lipinski definition) is 2. The normalized spacial score (nSPS) is 16.1. The van der Waals surface area contributed by atoms with Crippen molar-refractivity contribution in [3.05, 3.63) is 65.1 Å². The van der Waals surface area contributed by atoms with E-state index in [4.69, 9.17) is 5.11 Å². The van der Waals surface area contributed by atoms with Crippen molar-refractivity contribution < 1.29 is 9.90 Å². The van der Waals surface area contributed by atoms with Crippen molar-refractivity contribution in [1.82, 2.24) is 19.4 Å². The second-order valence-electron chi connectivity index (χ2n) is 9.26. The summed E-state index contributed by atoms with van der Waals surface area (Å²) in [6.45, 7) is 7.16. The minimum absolute atomic E-state index is 0.0870. The molecule has 0 spiro atoms. The van der Waals surface area contributed by atoms with Gasteiger partial charge in [0, 0.05) is 61.3 Å². The van der Waals surface area contributed by atoms with E-state index in [0.717, 1.165) is 63.6 Å². The molecule has 10 heteroatoms. The monoisotopic (exact) mass is 501 g/mol. The number of anilines is 3. The molecule has 10 nitrogen and oxygen atoms in total. The lowest BCUT2D eigenvalue weighted by atomic mass is 10.2. The SMILES string of the molecule is C=CC(=O)O.CN1CCN(c2ccc(Nc3ncc4cc(C#N)c(=O)n(C5CCCC5)c4n3)cc2)CC1. The first-order chi connectivity index (χ1) is 17.9. The second-order valence-corrected chi connectivity index (χ2v) is 9.26. The number of aromatic nitrogens is 3. The summed E-state index contributed by atoms with van der Waals surface area (Å²) in [6, 6.07) is 12.0. The first-order valence-electron chi connectivity index (χ1n) is 12.4. The number of benzene rings is 1. The average molecular weight is 502 g/mol. The number of nitriles is 1. The highest BCUT2D eigenvalue weighted by Gasteiger charge is 2.23. The predicted octanol–water partition coefficient (Wildman–Crippen LogP) is 3.53. The molecule has 2 fully saturated rings. The van der Waals surface area contributed by atoms with Crippen molar-refractivity contribution in [3.63, 3.8) is 0 Å². The van der Waals surface area contributed by atoms with Gasteiger partial charge in [-0.25, -0.2) is 9.78 Å². The van der Waals surface area contributed by atoms with Crippen LogP contribution in [0.4, 0.5) is 17.3 Å². The molecule has 3 heterocycles. The molecule has 2 aliphatic rings. The fraction of sp³-hybridized carbons (Fsp3) is 0.370. The van der Waals surface area contributed by atoms with Gasteiger partial charge in [-0.05, 0) is 50.2 Å². The molecule has 1 aromatic carbocycles. The van der Waals surface area contributed by atoms with Crippen LogP contribution in [0.1, 0.15) is 37.3 Å². The van der Waals surface area contributed by atoms with Gasteiger partial charge in [0.25, 0.3) is 5.56 Å². The Kier molecular flexibility index (Phi) is 8.15. The van der Waals surface area contributed by atoms with Gasteiger partial charge in [0.05, 0.1) is 0 Å². The highest BCUT2D eigenvalue weighted by molar-refractivity contribution is 5.79. The van der Waals surface area contributed by atoms with Crippen LogP contribution in [0.5, 0.6) is 0 Å². The van der Waals surface area contributed by atoms with Gasteiger partial charge in [0.2, 0.25) is 5.95 Å². The molecule has 1 saturated heterocycles. The van der Waals surface area contributed by atoms with Crippen LogP contribution in [0, 0.1) is 11.3 Å². The van der Waals surface area contributed by atoms with Crippen molar-refractivity contribution in [1.29, 1.82) is 5.26 Å². The summed E-state index contributed by atoms with van der Waals surface area (Å²) < 4.78 is 1.71. The van der Waals surface area contributed by atoms with E-state index in [-0.39, 0.29) is 17.2 Å². The number of aliphatic carboxylic acids is 1. The zero-order valence-corrected chi connectivity index (χ0v) is 20.9. The summed E-state index contributed by atoms with van der Waals surface area (Å²) in [4.78, 5) is 36.0. The maximum Gasteiger partial charge on any atom is 0.327 e. The van der Waals surface area contributed by atoms with Gasteiger partial charge in [-0.2, -0.15) is 10.2 Å². The third-order valence-corrected chi connectivity index (χ3v) is 6.75. The Labute approximate surface area is 215 Å². The number of hydrogen-bond acceptors (Lipinski definition) is 8. The number of carboxylic acids is 1. The van der Waals surface area contributed by atoms with E-state index in [1.807, 2.05) is 18.2 Å². The first-order valence-corrected chi connectivity index (χ1v) is 12.4. The van der Waals surface area contributed by atoms with Crippen LogP contribution in [0.2, 0.25) is 0 Å². The molecule has 2 N–H and O–H groups in total. The maximum atomic E-state index is 12.9. The second kappa shape index (κ2) is 11.7. The Morgan fingerprint density at radius 2 is 1.84 bits per heavy atom. The molecule has 0 bridgehead atoms. The summed E-state index contributed by atoms with van der Waals surface area (Å²) in [7, 11) is 2.15. The number of carboxylic acid groups (broad SMARTS) is 1. The van der Waals surface area contributed by atoms with E-state index >= 15 is 0 Å². The van der Waals surface area contributed by atoms with Crippen molar-refractivity contribution in [2.24, 2.45) is 0 Å². The number of pyridine rings is 1. The van der Waals surface area contributed by atoms with Crippen molar-refractivity contribution in [3.8, 4) is 6.07 Å². The molecular weight excluding hydrogens is 470 g/mol. The Hall–Kier alpha value is -4.23. The van der Waals surface area contributed by atoms with Gasteiger partial charge in [0.15, 0.2) is 0 Å². The van der Waals surface area contributed by atoms with E-state index in [1.54, 1.807) is 16.8 Å². The van der Waals surface area contributed by atoms with Crippen molar-refractivity contribution in [2.45, 2.75) is 31.7 Å². The van der Waals surface area contributed by atoms with E-state index < -0.39 is 5.97 Å². The van der Waals surface area contributed by atoms with Crippen molar-refractivity contribution >= 4 is 34.3 Å². The third-order valence-electron chi connectivity index (χ3n) is 6.75. The van der Waals surface area contributed by atoms with Crippen LogP contribution in [-0.4, -0.2) is 63.7 Å². The molecule has 3 aromatic rings. The number of nitrogens with zero attached hydrogens (tertiary/aromatic N) is 6. The molecule has 0 atom stereocenters. The zero-order chi connectivity index (χ0) is 26.4. The molecule has 0 amide bonds. The zero-order valence-electron chi connectivity index (χ0n) is 20.9. The summed E-state index contributed by atoms with van der Waals surface area (Å²) in [5.74, 6) is -0.536. The minimum atomic E-state index is -0.981. The van der Waals surface area contributed by atoms with Gasteiger partial charge >= 0.3 is 5.97 Å². The summed E-state index contributed by atoms with van der Waals surface area (Å²) in [6.07, 6.45) is 6.57. The summed E-state index contributed by atoms with van der Waals surface area (Å²) in [5.41, 5.74) is 2.58. The Morgan fingerprint density at radius 1 is 1.19 bits per heavy atom. The number of carbonyl (C=O) groups is 1. The largest absolute Gasteiger partial charge is 0.478 e. The predicted molar refractivity (Wildman–Crippen MR) is 143 cm³/mol. The summed E-state index contributed by atoms with van der Waals surface area (Å²) >= 11 is 0. The van der Waals surface area contributed by atoms with Crippen LogP contribution >= 0.6 is 0 Å². The highest BCUT2D eigenvalue weighted by atomic mass is 16.4. The smallest absolute Gasteiger partial charge is 0.327 e. The van der Waals surface area contributed by atoms with E-state index in [1.165, 1.54) is 5.69 Å². The molecule has 1 aliphatic carbocycles. The van der Waals surface area contributed by atoms with E-state index in [2.05, 4.69) is 50.8 Å². The number of fused-ring (bicyclic) bond motifs is 1. The molecule has 5 rings (SSSR count). The van der Waals surface area contributed by atoms with Crippen LogP contribution in [0.15, 0.2) is 54.0 Å². The highest BCUT2D eigenvalue weighted by Crippen LogP contribution is 2.31.